The standard InChI is InChI=1S/C13H23N3O3Si/c1-13(2,3)20(4,5)19-9-10(17)12(15-16-14)11-7-6-8-18-11/h6-8,10,12,17H,9H2,1-5H3/t10-,12-/m1/s1. The molecule has 0 bridgehead atoms. The van der Waals surface area contributed by atoms with Gasteiger partial charge in [0, 0.05) is 4.91 Å². The molecule has 112 valence electrons. The van der Waals surface area contributed by atoms with E-state index in [0.29, 0.717) is 5.76 Å². The molecule has 0 fully saturated rings. The summed E-state index contributed by atoms with van der Waals surface area (Å²) in [4.78, 5) is 2.77. The third kappa shape index (κ3) is 4.11. The highest BCUT2D eigenvalue weighted by molar-refractivity contribution is 6.74. The lowest BCUT2D eigenvalue weighted by Gasteiger charge is -2.37. The van der Waals surface area contributed by atoms with Gasteiger partial charge in [0.2, 0.25) is 0 Å². The van der Waals surface area contributed by atoms with Crippen LogP contribution in [0.4, 0.5) is 0 Å². The lowest BCUT2D eigenvalue weighted by Crippen LogP contribution is -2.43. The Hall–Kier alpha value is -1.27. The van der Waals surface area contributed by atoms with Crippen LogP contribution in [0.25, 0.3) is 10.4 Å². The fourth-order valence-electron chi connectivity index (χ4n) is 1.44. The van der Waals surface area contributed by atoms with Gasteiger partial charge in [0.15, 0.2) is 8.32 Å². The first-order valence-corrected chi connectivity index (χ1v) is 9.49. The minimum absolute atomic E-state index is 0.0609. The predicted octanol–water partition coefficient (Wildman–Crippen LogP) is 4.01. The van der Waals surface area contributed by atoms with Crippen LogP contribution in [0.1, 0.15) is 32.6 Å². The maximum Gasteiger partial charge on any atom is 0.192 e. The molecule has 0 saturated heterocycles. The van der Waals surface area contributed by atoms with Crippen molar-refractivity contribution in [2.24, 2.45) is 5.11 Å². The Bertz CT molecular complexity index is 462. The van der Waals surface area contributed by atoms with Gasteiger partial charge in [-0.15, -0.1) is 0 Å². The zero-order chi connectivity index (χ0) is 15.4. The van der Waals surface area contributed by atoms with Gasteiger partial charge in [0.05, 0.1) is 19.0 Å². The lowest BCUT2D eigenvalue weighted by atomic mass is 10.1. The van der Waals surface area contributed by atoms with Gasteiger partial charge in [-0.2, -0.15) is 0 Å². The van der Waals surface area contributed by atoms with E-state index in [-0.39, 0.29) is 11.6 Å². The number of azide groups is 1. The first-order valence-electron chi connectivity index (χ1n) is 6.58. The van der Waals surface area contributed by atoms with E-state index in [1.807, 2.05) is 0 Å². The van der Waals surface area contributed by atoms with E-state index in [9.17, 15) is 5.11 Å². The second kappa shape index (κ2) is 6.45. The summed E-state index contributed by atoms with van der Waals surface area (Å²) in [7, 11) is -1.95. The topological polar surface area (TPSA) is 91.4 Å². The fraction of sp³-hybridized carbons (Fsp3) is 0.692. The molecule has 0 radical (unpaired) electrons. The SMILES string of the molecule is CC(C)(C)[Si](C)(C)OC[C@@H](O)[C@@H](N=[N+]=[N-])c1ccco1. The third-order valence-electron chi connectivity index (χ3n) is 3.80. The van der Waals surface area contributed by atoms with Crippen LogP contribution in [0, 0.1) is 0 Å². The second-order valence-electron chi connectivity index (χ2n) is 6.30. The maximum absolute atomic E-state index is 10.2. The number of hydrogen-bond donors (Lipinski definition) is 1. The maximum atomic E-state index is 10.2. The van der Waals surface area contributed by atoms with Gasteiger partial charge in [0.25, 0.3) is 0 Å². The van der Waals surface area contributed by atoms with E-state index in [1.54, 1.807) is 12.1 Å². The predicted molar refractivity (Wildman–Crippen MR) is 79.8 cm³/mol. The zero-order valence-electron chi connectivity index (χ0n) is 12.7. The number of furan rings is 1. The fourth-order valence-corrected chi connectivity index (χ4v) is 2.46. The Morgan fingerprint density at radius 1 is 1.50 bits per heavy atom. The molecule has 0 aliphatic carbocycles. The van der Waals surface area contributed by atoms with Gasteiger partial charge in [-0.3, -0.25) is 0 Å². The van der Waals surface area contributed by atoms with Gasteiger partial charge >= 0.3 is 0 Å². The number of rotatable bonds is 6. The average Bonchev–Trinajstić information content (AvgIpc) is 2.85. The second-order valence-corrected chi connectivity index (χ2v) is 11.1. The molecule has 0 aliphatic rings. The molecule has 1 aromatic rings. The van der Waals surface area contributed by atoms with Gasteiger partial charge in [-0.05, 0) is 35.8 Å². The number of nitrogens with zero attached hydrogens (tertiary/aromatic N) is 3. The van der Waals surface area contributed by atoms with Gasteiger partial charge < -0.3 is 13.9 Å². The Kier molecular flexibility index (Phi) is 5.41. The summed E-state index contributed by atoms with van der Waals surface area (Å²) in [5.41, 5.74) is 8.62. The molecule has 20 heavy (non-hydrogen) atoms. The molecule has 1 rings (SSSR count). The van der Waals surface area contributed by atoms with Crippen LogP contribution in [0.15, 0.2) is 27.9 Å². The number of hydrogen-bond acceptors (Lipinski definition) is 4. The average molecular weight is 297 g/mol. The Labute approximate surface area is 120 Å². The van der Waals surface area contributed by atoms with Crippen LogP contribution in [-0.2, 0) is 4.43 Å². The lowest BCUT2D eigenvalue weighted by molar-refractivity contribution is 0.0726. The Morgan fingerprint density at radius 3 is 2.60 bits per heavy atom. The molecular formula is C13H23N3O3Si. The molecule has 1 N–H and O–H groups in total. The van der Waals surface area contributed by atoms with E-state index >= 15 is 0 Å². The van der Waals surface area contributed by atoms with Crippen molar-refractivity contribution in [3.05, 3.63) is 34.6 Å². The molecule has 1 aromatic heterocycles. The highest BCUT2D eigenvalue weighted by atomic mass is 28.4. The molecule has 6 nitrogen and oxygen atoms in total. The summed E-state index contributed by atoms with van der Waals surface area (Å²) in [5, 5.41) is 13.9. The van der Waals surface area contributed by atoms with Crippen molar-refractivity contribution in [2.45, 2.75) is 51.0 Å². The summed E-state index contributed by atoms with van der Waals surface area (Å²) in [5.74, 6) is 0.439. The summed E-state index contributed by atoms with van der Waals surface area (Å²) in [6.45, 7) is 10.7. The van der Waals surface area contributed by atoms with Crippen molar-refractivity contribution in [1.82, 2.24) is 0 Å². The van der Waals surface area contributed by atoms with Crippen molar-refractivity contribution >= 4 is 8.32 Å². The van der Waals surface area contributed by atoms with E-state index in [2.05, 4.69) is 43.9 Å². The largest absolute Gasteiger partial charge is 0.469 e. The Balaban J connectivity index is 2.74. The van der Waals surface area contributed by atoms with Crippen molar-refractivity contribution in [2.75, 3.05) is 6.61 Å². The van der Waals surface area contributed by atoms with Crippen molar-refractivity contribution in [3.63, 3.8) is 0 Å². The third-order valence-corrected chi connectivity index (χ3v) is 8.30. The van der Waals surface area contributed by atoms with Crippen LogP contribution >= 0.6 is 0 Å². The first-order chi connectivity index (χ1) is 9.19. The normalized spacial score (nSPS) is 15.5. The number of aliphatic hydroxyl groups is 1. The van der Waals surface area contributed by atoms with E-state index in [1.165, 1.54) is 6.26 Å². The summed E-state index contributed by atoms with van der Waals surface area (Å²) in [6.07, 6.45) is 0.558. The van der Waals surface area contributed by atoms with Crippen LogP contribution in [0.5, 0.6) is 0 Å². The van der Waals surface area contributed by atoms with Crippen LogP contribution in [-0.4, -0.2) is 26.1 Å². The van der Waals surface area contributed by atoms with Gasteiger partial charge in [0.1, 0.15) is 11.8 Å². The number of aliphatic hydroxyl groups excluding tert-OH is 1. The molecule has 0 amide bonds. The van der Waals surface area contributed by atoms with Crippen LogP contribution in [0.3, 0.4) is 0 Å². The highest BCUT2D eigenvalue weighted by Crippen LogP contribution is 2.37. The Morgan fingerprint density at radius 2 is 2.15 bits per heavy atom. The molecule has 0 aliphatic heterocycles. The summed E-state index contributed by atoms with van der Waals surface area (Å²) < 4.78 is 11.1. The first kappa shape index (κ1) is 16.8. The molecule has 7 heteroatoms. The smallest absolute Gasteiger partial charge is 0.192 e. The van der Waals surface area contributed by atoms with Crippen LogP contribution in [0.2, 0.25) is 18.1 Å². The van der Waals surface area contributed by atoms with Crippen molar-refractivity contribution in [3.8, 4) is 0 Å². The molecular weight excluding hydrogens is 274 g/mol. The van der Waals surface area contributed by atoms with E-state index < -0.39 is 20.5 Å². The van der Waals surface area contributed by atoms with E-state index in [4.69, 9.17) is 14.4 Å². The molecule has 0 spiro atoms. The monoisotopic (exact) mass is 297 g/mol. The van der Waals surface area contributed by atoms with Crippen LogP contribution < -0.4 is 0 Å². The minimum atomic E-state index is -1.95. The molecule has 1 heterocycles. The van der Waals surface area contributed by atoms with Gasteiger partial charge in [-0.1, -0.05) is 25.9 Å². The molecule has 0 aromatic carbocycles. The summed E-state index contributed by atoms with van der Waals surface area (Å²) >= 11 is 0. The minimum Gasteiger partial charge on any atom is -0.469 e. The van der Waals surface area contributed by atoms with Gasteiger partial charge in [-0.25, -0.2) is 0 Å². The quantitative estimate of drug-likeness (QED) is 0.372. The molecule has 2 atom stereocenters. The van der Waals surface area contributed by atoms with E-state index in [0.717, 1.165) is 0 Å². The molecule has 0 unspecified atom stereocenters. The zero-order valence-corrected chi connectivity index (χ0v) is 13.7. The molecule has 0 saturated carbocycles. The summed E-state index contributed by atoms with van der Waals surface area (Å²) in [6, 6.07) is 2.60. The van der Waals surface area contributed by atoms with Crippen molar-refractivity contribution < 1.29 is 13.9 Å². The highest BCUT2D eigenvalue weighted by Gasteiger charge is 2.38. The van der Waals surface area contributed by atoms with Crippen molar-refractivity contribution in [1.29, 1.82) is 0 Å².